The highest BCUT2D eigenvalue weighted by molar-refractivity contribution is 6.30. The molecule has 0 amide bonds. The summed E-state index contributed by atoms with van der Waals surface area (Å²) < 4.78 is 11.4. The summed E-state index contributed by atoms with van der Waals surface area (Å²) in [4.78, 5) is 0. The van der Waals surface area contributed by atoms with Crippen molar-refractivity contribution in [2.75, 3.05) is 13.2 Å². The van der Waals surface area contributed by atoms with Crippen LogP contribution in [0.1, 0.15) is 52.5 Å². The van der Waals surface area contributed by atoms with Crippen molar-refractivity contribution in [2.45, 2.75) is 65.8 Å². The number of hydrogen-bond acceptors (Lipinski definition) is 5. The molecule has 6 heteroatoms. The molecule has 0 fully saturated rings. The van der Waals surface area contributed by atoms with Crippen LogP contribution in [-0.4, -0.2) is 41.9 Å². The van der Waals surface area contributed by atoms with E-state index < -0.39 is 6.29 Å². The minimum Gasteiger partial charge on any atom is -0.493 e. The van der Waals surface area contributed by atoms with Gasteiger partial charge in [-0.05, 0) is 38.0 Å². The Kier molecular flexibility index (Phi) is 8.87. The molecule has 1 aliphatic heterocycles. The predicted octanol–water partition coefficient (Wildman–Crippen LogP) is 4.71. The molecule has 2 rings (SSSR count). The Labute approximate surface area is 168 Å². The van der Waals surface area contributed by atoms with Gasteiger partial charge in [0.05, 0.1) is 19.2 Å². The van der Waals surface area contributed by atoms with E-state index in [4.69, 9.17) is 21.1 Å². The number of ether oxygens (including phenoxy) is 2. The van der Waals surface area contributed by atoms with Crippen molar-refractivity contribution in [3.8, 4) is 5.75 Å². The van der Waals surface area contributed by atoms with E-state index in [1.807, 2.05) is 36.3 Å². The van der Waals surface area contributed by atoms with Gasteiger partial charge in [0.15, 0.2) is 6.29 Å². The van der Waals surface area contributed by atoms with Gasteiger partial charge in [-0.2, -0.15) is 5.10 Å². The first-order valence-electron chi connectivity index (χ1n) is 10.00. The molecule has 152 valence electrons. The van der Waals surface area contributed by atoms with Crippen LogP contribution >= 0.6 is 11.6 Å². The maximum absolute atomic E-state index is 9.91. The lowest BCUT2D eigenvalue weighted by atomic mass is 9.99. The van der Waals surface area contributed by atoms with E-state index in [-0.39, 0.29) is 12.0 Å². The van der Waals surface area contributed by atoms with Gasteiger partial charge >= 0.3 is 0 Å². The Morgan fingerprint density at radius 3 is 2.67 bits per heavy atom. The van der Waals surface area contributed by atoms with Crippen molar-refractivity contribution >= 4 is 17.8 Å². The van der Waals surface area contributed by atoms with Crippen molar-refractivity contribution in [3.63, 3.8) is 0 Å². The smallest absolute Gasteiger partial charge is 0.155 e. The number of nitrogens with zero attached hydrogens (tertiary/aromatic N) is 2. The molecular formula is C21H33ClN2O3. The van der Waals surface area contributed by atoms with Crippen molar-refractivity contribution in [1.82, 2.24) is 5.01 Å². The minimum absolute atomic E-state index is 0.152. The van der Waals surface area contributed by atoms with Gasteiger partial charge in [0.25, 0.3) is 0 Å². The molecule has 0 radical (unpaired) electrons. The summed E-state index contributed by atoms with van der Waals surface area (Å²) in [6, 6.07) is 5.94. The molecule has 3 unspecified atom stereocenters. The monoisotopic (exact) mass is 396 g/mol. The fourth-order valence-electron chi connectivity index (χ4n) is 3.28. The van der Waals surface area contributed by atoms with Crippen molar-refractivity contribution < 1.29 is 14.6 Å². The lowest BCUT2D eigenvalue weighted by Gasteiger charge is -2.26. The number of aliphatic hydroxyl groups is 1. The molecule has 27 heavy (non-hydrogen) atoms. The summed E-state index contributed by atoms with van der Waals surface area (Å²) in [6.07, 6.45) is 3.91. The van der Waals surface area contributed by atoms with E-state index in [0.29, 0.717) is 37.1 Å². The molecule has 3 atom stereocenters. The Balaban J connectivity index is 2.02. The van der Waals surface area contributed by atoms with Gasteiger partial charge in [0.2, 0.25) is 0 Å². The average molecular weight is 397 g/mol. The van der Waals surface area contributed by atoms with Crippen LogP contribution in [0, 0.1) is 11.8 Å². The third-order valence-corrected chi connectivity index (χ3v) is 5.55. The van der Waals surface area contributed by atoms with Crippen LogP contribution in [0.5, 0.6) is 5.75 Å². The van der Waals surface area contributed by atoms with Gasteiger partial charge < -0.3 is 14.6 Å². The van der Waals surface area contributed by atoms with Gasteiger partial charge in [-0.3, -0.25) is 5.01 Å². The van der Waals surface area contributed by atoms with Crippen LogP contribution in [0.15, 0.2) is 23.3 Å². The fraction of sp³-hybridized carbons (Fsp3) is 0.667. The molecule has 1 aliphatic rings. The molecule has 5 nitrogen and oxygen atoms in total. The van der Waals surface area contributed by atoms with Crippen LogP contribution in [-0.2, 0) is 11.3 Å². The second kappa shape index (κ2) is 10.9. The second-order valence-corrected chi connectivity index (χ2v) is 7.59. The standard InChI is InChI=1S/C21H33ClN2O3/c1-5-16(6-2)14-27-20-9-8-19(22)10-18(20)13-24-15(4)17(12-23-24)11-21(25)26-7-3/h8-10,12,15-17,21,25H,5-7,11,13-14H2,1-4H3. The van der Waals surface area contributed by atoms with E-state index in [1.54, 1.807) is 0 Å². The largest absolute Gasteiger partial charge is 0.493 e. The zero-order chi connectivity index (χ0) is 19.8. The summed E-state index contributed by atoms with van der Waals surface area (Å²) in [5, 5.41) is 17.2. The summed E-state index contributed by atoms with van der Waals surface area (Å²) in [7, 11) is 0. The van der Waals surface area contributed by atoms with Crippen LogP contribution in [0.4, 0.5) is 0 Å². The number of hydrogen-bond donors (Lipinski definition) is 1. The lowest BCUT2D eigenvalue weighted by molar-refractivity contribution is -0.105. The number of halogens is 1. The first-order chi connectivity index (χ1) is 13.0. The first-order valence-corrected chi connectivity index (χ1v) is 10.4. The van der Waals surface area contributed by atoms with Crippen molar-refractivity contribution in [3.05, 3.63) is 28.8 Å². The molecular weight excluding hydrogens is 364 g/mol. The van der Waals surface area contributed by atoms with Crippen LogP contribution < -0.4 is 4.74 Å². The van der Waals surface area contributed by atoms with E-state index in [0.717, 1.165) is 24.2 Å². The van der Waals surface area contributed by atoms with Crippen molar-refractivity contribution in [1.29, 1.82) is 0 Å². The molecule has 1 aromatic rings. The number of aliphatic hydroxyl groups excluding tert-OH is 1. The van der Waals surface area contributed by atoms with E-state index in [2.05, 4.69) is 25.9 Å². The van der Waals surface area contributed by atoms with Gasteiger partial charge in [-0.25, -0.2) is 0 Å². The summed E-state index contributed by atoms with van der Waals surface area (Å²) >= 11 is 6.23. The predicted molar refractivity (Wildman–Crippen MR) is 110 cm³/mol. The molecule has 1 heterocycles. The quantitative estimate of drug-likeness (QED) is 0.550. The normalized spacial score (nSPS) is 20.5. The van der Waals surface area contributed by atoms with Gasteiger partial charge in [0.1, 0.15) is 5.75 Å². The maximum Gasteiger partial charge on any atom is 0.155 e. The van der Waals surface area contributed by atoms with E-state index in [9.17, 15) is 5.11 Å². The van der Waals surface area contributed by atoms with Crippen LogP contribution in [0.2, 0.25) is 5.02 Å². The van der Waals surface area contributed by atoms with Crippen LogP contribution in [0.3, 0.4) is 0 Å². The number of benzene rings is 1. The zero-order valence-corrected chi connectivity index (χ0v) is 17.7. The highest BCUT2D eigenvalue weighted by Gasteiger charge is 2.29. The van der Waals surface area contributed by atoms with E-state index in [1.165, 1.54) is 0 Å². The summed E-state index contributed by atoms with van der Waals surface area (Å²) in [5.74, 6) is 1.58. The molecule has 0 bridgehead atoms. The molecule has 1 N–H and O–H groups in total. The molecule has 1 aromatic carbocycles. The third kappa shape index (κ3) is 6.37. The zero-order valence-electron chi connectivity index (χ0n) is 16.9. The highest BCUT2D eigenvalue weighted by atomic mass is 35.5. The Morgan fingerprint density at radius 1 is 1.26 bits per heavy atom. The molecule has 0 saturated heterocycles. The molecule has 0 spiro atoms. The summed E-state index contributed by atoms with van der Waals surface area (Å²) in [5.41, 5.74) is 1.03. The Hall–Kier alpha value is -1.30. The van der Waals surface area contributed by atoms with E-state index >= 15 is 0 Å². The molecule has 0 aliphatic carbocycles. The fourth-order valence-corrected chi connectivity index (χ4v) is 3.47. The van der Waals surface area contributed by atoms with Crippen molar-refractivity contribution in [2.24, 2.45) is 16.9 Å². The summed E-state index contributed by atoms with van der Waals surface area (Å²) in [6.45, 7) is 10.2. The molecule has 0 aromatic heterocycles. The SMILES string of the molecule is CCOC(O)CC1C=NN(Cc2cc(Cl)ccc2OCC(CC)CC)C1C. The molecule has 0 saturated carbocycles. The second-order valence-electron chi connectivity index (χ2n) is 7.16. The van der Waals surface area contributed by atoms with Gasteiger partial charge in [0, 0.05) is 35.7 Å². The lowest BCUT2D eigenvalue weighted by Crippen LogP contribution is -2.31. The van der Waals surface area contributed by atoms with Gasteiger partial charge in [-0.15, -0.1) is 0 Å². The minimum atomic E-state index is -0.751. The van der Waals surface area contributed by atoms with Crippen LogP contribution in [0.25, 0.3) is 0 Å². The maximum atomic E-state index is 9.91. The first kappa shape index (κ1) is 22.0. The Bertz CT molecular complexity index is 607. The Morgan fingerprint density at radius 2 is 2.00 bits per heavy atom. The third-order valence-electron chi connectivity index (χ3n) is 5.31. The average Bonchev–Trinajstić information content (AvgIpc) is 2.97. The van der Waals surface area contributed by atoms with Gasteiger partial charge in [-0.1, -0.05) is 38.3 Å². The number of hydrazone groups is 1. The topological polar surface area (TPSA) is 54.3 Å². The highest BCUT2D eigenvalue weighted by Crippen LogP contribution is 2.29. The number of rotatable bonds is 11.